The van der Waals surface area contributed by atoms with Gasteiger partial charge in [-0.2, -0.15) is 0 Å². The van der Waals surface area contributed by atoms with Gasteiger partial charge in [0.15, 0.2) is 0 Å². The van der Waals surface area contributed by atoms with Crippen molar-refractivity contribution in [2.24, 2.45) is 0 Å². The van der Waals surface area contributed by atoms with Crippen LogP contribution >= 0.6 is 23.4 Å². The fraction of sp³-hybridized carbons (Fsp3) is 0.143. The van der Waals surface area contributed by atoms with E-state index in [-0.39, 0.29) is 0 Å². The Kier molecular flexibility index (Phi) is 3.00. The van der Waals surface area contributed by atoms with E-state index in [0.717, 1.165) is 17.4 Å². The third-order valence-electron chi connectivity index (χ3n) is 2.85. The Bertz CT molecular complexity index is 527. The smallest absolute Gasteiger partial charge is 0.0690 e. The van der Waals surface area contributed by atoms with Gasteiger partial charge in [-0.1, -0.05) is 41.9 Å². The predicted molar refractivity (Wildman–Crippen MR) is 74.8 cm³/mol. The lowest BCUT2D eigenvalue weighted by atomic mass is 10.2. The molecule has 0 bridgehead atoms. The molecule has 1 aliphatic rings. The van der Waals surface area contributed by atoms with Crippen LogP contribution in [-0.2, 0) is 6.54 Å². The normalized spacial score (nSPS) is 13.8. The van der Waals surface area contributed by atoms with Gasteiger partial charge in [0.1, 0.15) is 0 Å². The summed E-state index contributed by atoms with van der Waals surface area (Å²) in [6.45, 7) is 0.946. The van der Waals surface area contributed by atoms with Gasteiger partial charge in [-0.05, 0) is 23.8 Å². The summed E-state index contributed by atoms with van der Waals surface area (Å²) in [6, 6.07) is 16.6. The average molecular weight is 262 g/mol. The summed E-state index contributed by atoms with van der Waals surface area (Å²) in [7, 11) is 0. The van der Waals surface area contributed by atoms with Crippen LogP contribution in [0.25, 0.3) is 0 Å². The first-order chi connectivity index (χ1) is 8.33. The van der Waals surface area contributed by atoms with Crippen LogP contribution in [0.15, 0.2) is 53.4 Å². The summed E-state index contributed by atoms with van der Waals surface area (Å²) in [5.41, 5.74) is 2.59. The number of halogens is 1. The lowest BCUT2D eigenvalue weighted by Gasteiger charge is -2.18. The van der Waals surface area contributed by atoms with Crippen molar-refractivity contribution in [1.29, 1.82) is 0 Å². The first kappa shape index (κ1) is 11.0. The Hall–Kier alpha value is -1.12. The molecular weight excluding hydrogens is 250 g/mol. The van der Waals surface area contributed by atoms with E-state index >= 15 is 0 Å². The highest BCUT2D eigenvalue weighted by Crippen LogP contribution is 2.40. The summed E-state index contributed by atoms with van der Waals surface area (Å²) in [5.74, 6) is 1.00. The van der Waals surface area contributed by atoms with Gasteiger partial charge in [0.2, 0.25) is 0 Å². The van der Waals surface area contributed by atoms with Crippen molar-refractivity contribution >= 4 is 29.1 Å². The van der Waals surface area contributed by atoms with Gasteiger partial charge in [0.25, 0.3) is 0 Å². The maximum absolute atomic E-state index is 6.06. The largest absolute Gasteiger partial charge is 0.357 e. The second-order valence-corrected chi connectivity index (χ2v) is 5.49. The standard InChI is InChI=1S/C14H12ClNS/c15-12-6-7-14-13(8-12)16(10-17-14)9-11-4-2-1-3-5-11/h1-8H,9-10H2. The van der Waals surface area contributed by atoms with Crippen LogP contribution in [0.3, 0.4) is 0 Å². The number of nitrogens with zero attached hydrogens (tertiary/aromatic N) is 1. The molecule has 0 unspecified atom stereocenters. The van der Waals surface area contributed by atoms with Crippen molar-refractivity contribution in [2.45, 2.75) is 11.4 Å². The highest BCUT2D eigenvalue weighted by Gasteiger charge is 2.19. The van der Waals surface area contributed by atoms with Gasteiger partial charge in [0, 0.05) is 16.5 Å². The van der Waals surface area contributed by atoms with E-state index in [0.29, 0.717) is 0 Å². The first-order valence-electron chi connectivity index (χ1n) is 5.54. The van der Waals surface area contributed by atoms with Crippen molar-refractivity contribution in [3.05, 3.63) is 59.1 Å². The molecule has 0 aromatic heterocycles. The van der Waals surface area contributed by atoms with Crippen LogP contribution in [0.4, 0.5) is 5.69 Å². The van der Waals surface area contributed by atoms with E-state index in [2.05, 4.69) is 41.3 Å². The van der Waals surface area contributed by atoms with Crippen LogP contribution in [0.1, 0.15) is 5.56 Å². The third kappa shape index (κ3) is 2.28. The van der Waals surface area contributed by atoms with Gasteiger partial charge in [0.05, 0.1) is 11.6 Å². The average Bonchev–Trinajstić information content (AvgIpc) is 2.73. The van der Waals surface area contributed by atoms with E-state index in [1.165, 1.54) is 16.1 Å². The minimum atomic E-state index is 0.810. The molecule has 1 nitrogen and oxygen atoms in total. The third-order valence-corrected chi connectivity index (χ3v) is 4.19. The lowest BCUT2D eigenvalue weighted by Crippen LogP contribution is -2.18. The molecular formula is C14H12ClNS. The van der Waals surface area contributed by atoms with Crippen molar-refractivity contribution in [1.82, 2.24) is 0 Å². The zero-order valence-corrected chi connectivity index (χ0v) is 10.8. The number of anilines is 1. The molecule has 17 heavy (non-hydrogen) atoms. The topological polar surface area (TPSA) is 3.24 Å². The number of hydrogen-bond acceptors (Lipinski definition) is 2. The number of rotatable bonds is 2. The maximum atomic E-state index is 6.06. The van der Waals surface area contributed by atoms with Crippen LogP contribution in [-0.4, -0.2) is 5.88 Å². The van der Waals surface area contributed by atoms with Gasteiger partial charge in [-0.25, -0.2) is 0 Å². The summed E-state index contributed by atoms with van der Waals surface area (Å²) in [4.78, 5) is 3.69. The zero-order valence-electron chi connectivity index (χ0n) is 9.27. The van der Waals surface area contributed by atoms with Crippen LogP contribution in [0.5, 0.6) is 0 Å². The molecule has 0 amide bonds. The monoisotopic (exact) mass is 261 g/mol. The Morgan fingerprint density at radius 1 is 1.12 bits per heavy atom. The Balaban J connectivity index is 1.86. The molecule has 1 aliphatic heterocycles. The second-order valence-electron chi connectivity index (χ2n) is 4.07. The molecule has 0 N–H and O–H groups in total. The molecule has 0 saturated carbocycles. The van der Waals surface area contributed by atoms with Crippen molar-refractivity contribution in [3.63, 3.8) is 0 Å². The van der Waals surface area contributed by atoms with E-state index in [1.54, 1.807) is 0 Å². The highest BCUT2D eigenvalue weighted by atomic mass is 35.5. The Labute approximate surface area is 110 Å². The van der Waals surface area contributed by atoms with Gasteiger partial charge >= 0.3 is 0 Å². The Morgan fingerprint density at radius 3 is 2.76 bits per heavy atom. The quantitative estimate of drug-likeness (QED) is 0.788. The summed E-state index contributed by atoms with van der Waals surface area (Å²) in [5, 5.41) is 0.810. The van der Waals surface area contributed by atoms with Gasteiger partial charge in [-0.15, -0.1) is 11.8 Å². The number of fused-ring (bicyclic) bond motifs is 1. The zero-order chi connectivity index (χ0) is 11.7. The number of benzene rings is 2. The van der Waals surface area contributed by atoms with E-state index in [4.69, 9.17) is 11.6 Å². The van der Waals surface area contributed by atoms with Crippen LogP contribution in [0, 0.1) is 0 Å². The summed E-state index contributed by atoms with van der Waals surface area (Å²) >= 11 is 7.93. The number of hydrogen-bond donors (Lipinski definition) is 0. The second kappa shape index (κ2) is 4.63. The molecule has 86 valence electrons. The summed E-state index contributed by atoms with van der Waals surface area (Å²) < 4.78 is 0. The molecule has 0 spiro atoms. The van der Waals surface area contributed by atoms with Crippen molar-refractivity contribution in [3.8, 4) is 0 Å². The minimum Gasteiger partial charge on any atom is -0.357 e. The fourth-order valence-electron chi connectivity index (χ4n) is 2.01. The Morgan fingerprint density at radius 2 is 1.94 bits per heavy atom. The molecule has 0 atom stereocenters. The first-order valence-corrected chi connectivity index (χ1v) is 6.90. The fourth-order valence-corrected chi connectivity index (χ4v) is 3.20. The SMILES string of the molecule is Clc1ccc2c(c1)N(Cc1ccccc1)CS2. The highest BCUT2D eigenvalue weighted by molar-refractivity contribution is 7.99. The number of thioether (sulfide) groups is 1. The van der Waals surface area contributed by atoms with E-state index in [1.807, 2.05) is 23.9 Å². The molecule has 2 aromatic rings. The molecule has 0 saturated heterocycles. The molecule has 0 fully saturated rings. The van der Waals surface area contributed by atoms with Crippen LogP contribution < -0.4 is 4.90 Å². The van der Waals surface area contributed by atoms with Gasteiger partial charge < -0.3 is 4.90 Å². The van der Waals surface area contributed by atoms with Crippen molar-refractivity contribution < 1.29 is 0 Å². The predicted octanol–water partition coefficient (Wildman–Crippen LogP) is 4.41. The van der Waals surface area contributed by atoms with E-state index in [9.17, 15) is 0 Å². The lowest BCUT2D eigenvalue weighted by molar-refractivity contribution is 0.908. The molecule has 0 radical (unpaired) electrons. The molecule has 2 aromatic carbocycles. The molecule has 1 heterocycles. The van der Waals surface area contributed by atoms with Crippen LogP contribution in [0.2, 0.25) is 5.02 Å². The van der Waals surface area contributed by atoms with E-state index < -0.39 is 0 Å². The molecule has 3 rings (SSSR count). The summed E-state index contributed by atoms with van der Waals surface area (Å²) in [6.07, 6.45) is 0. The minimum absolute atomic E-state index is 0.810. The van der Waals surface area contributed by atoms with Crippen molar-refractivity contribution in [2.75, 3.05) is 10.8 Å². The molecule has 0 aliphatic carbocycles. The molecule has 3 heteroatoms. The van der Waals surface area contributed by atoms with Gasteiger partial charge in [-0.3, -0.25) is 0 Å². The maximum Gasteiger partial charge on any atom is 0.0690 e.